The van der Waals surface area contributed by atoms with E-state index >= 15 is 0 Å². The van der Waals surface area contributed by atoms with Crippen molar-refractivity contribution in [2.75, 3.05) is 48.8 Å². The lowest BCUT2D eigenvalue weighted by molar-refractivity contribution is -0.137. The van der Waals surface area contributed by atoms with Crippen LogP contribution in [0.15, 0.2) is 35.4 Å². The number of alkyl halides is 3. The highest BCUT2D eigenvalue weighted by atomic mass is 32.2. The topological polar surface area (TPSA) is 82.6 Å². The zero-order valence-corrected chi connectivity index (χ0v) is 25.0. The van der Waals surface area contributed by atoms with E-state index in [0.717, 1.165) is 54.7 Å². The Morgan fingerprint density at radius 2 is 1.86 bits per heavy atom. The molecule has 5 aliphatic rings. The average Bonchev–Trinajstić information content (AvgIpc) is 3.66. The fourth-order valence-corrected chi connectivity index (χ4v) is 8.86. The molecule has 1 aromatic carbocycles. The molecule has 0 radical (unpaired) electrons. The summed E-state index contributed by atoms with van der Waals surface area (Å²) in [4.78, 5) is 27.6. The molecule has 2 unspecified atom stereocenters. The van der Waals surface area contributed by atoms with Crippen LogP contribution in [-0.2, 0) is 10.9 Å². The van der Waals surface area contributed by atoms with E-state index in [0.29, 0.717) is 58.2 Å². The Morgan fingerprint density at radius 3 is 2.56 bits per heavy atom. The molecule has 226 valence electrons. The van der Waals surface area contributed by atoms with Gasteiger partial charge in [0.15, 0.2) is 0 Å². The average molecular weight is 629 g/mol. The number of hydrogen-bond donors (Lipinski definition) is 2. The van der Waals surface area contributed by atoms with Crippen molar-refractivity contribution in [3.05, 3.63) is 46.5 Å². The maximum absolute atomic E-state index is 14.2. The number of halogens is 3. The van der Waals surface area contributed by atoms with E-state index in [1.165, 1.54) is 30.3 Å². The maximum atomic E-state index is 14.2. The molecule has 4 aliphatic heterocycles. The van der Waals surface area contributed by atoms with Gasteiger partial charge in [0.05, 0.1) is 29.8 Å². The summed E-state index contributed by atoms with van der Waals surface area (Å²) in [6.45, 7) is 3.53. The van der Waals surface area contributed by atoms with E-state index in [2.05, 4.69) is 37.6 Å². The lowest BCUT2D eigenvalue weighted by Gasteiger charge is -2.36. The standard InChI is InChI=1S/C30H31F3N6O2S2/c31-30(32,33)22-11-34-29(37-26(22)24-10-25-27(43-24)28(40)39(7-8-42-25)20-14-41-15-20)36-23-6-5-19(9-21(23)16-1-2-16)38-12-17-3-4-18(13-38)35-17/h5-6,9-11,16-18,20,35H,1-4,7-8,12-15H2,(H,34,36,37). The lowest BCUT2D eigenvalue weighted by atomic mass is 10.1. The largest absolute Gasteiger partial charge is 0.420 e. The molecule has 2 N–H and O–H groups in total. The molecule has 3 aromatic rings. The summed E-state index contributed by atoms with van der Waals surface area (Å²) in [7, 11) is 0. The second kappa shape index (κ2) is 10.6. The van der Waals surface area contributed by atoms with Crippen LogP contribution in [0.1, 0.15) is 52.4 Å². The quantitative estimate of drug-likeness (QED) is 0.358. The number of thioether (sulfide) groups is 1. The molecule has 2 aromatic heterocycles. The second-order valence-electron chi connectivity index (χ2n) is 12.0. The Morgan fingerprint density at radius 1 is 1.07 bits per heavy atom. The molecule has 6 heterocycles. The van der Waals surface area contributed by atoms with Gasteiger partial charge in [0, 0.05) is 59.9 Å². The van der Waals surface area contributed by atoms with Gasteiger partial charge >= 0.3 is 6.18 Å². The van der Waals surface area contributed by atoms with Crippen LogP contribution in [-0.4, -0.2) is 77.5 Å². The predicted octanol–water partition coefficient (Wildman–Crippen LogP) is 5.73. The molecule has 1 amide bonds. The molecular formula is C30H31F3N6O2S2. The molecule has 8 nitrogen and oxygen atoms in total. The minimum Gasteiger partial charge on any atom is -0.377 e. The summed E-state index contributed by atoms with van der Waals surface area (Å²) < 4.78 is 47.9. The van der Waals surface area contributed by atoms with Gasteiger partial charge in [-0.25, -0.2) is 9.97 Å². The number of aromatic nitrogens is 2. The first kappa shape index (κ1) is 27.7. The van der Waals surface area contributed by atoms with Gasteiger partial charge in [-0.05, 0) is 61.4 Å². The number of amides is 1. The zero-order valence-electron chi connectivity index (χ0n) is 23.3. The van der Waals surface area contributed by atoms with Crippen LogP contribution in [0.4, 0.5) is 30.5 Å². The Hall–Kier alpha value is -2.87. The van der Waals surface area contributed by atoms with Crippen LogP contribution < -0.4 is 15.5 Å². The van der Waals surface area contributed by atoms with Crippen molar-refractivity contribution < 1.29 is 22.7 Å². The van der Waals surface area contributed by atoms with Crippen molar-refractivity contribution >= 4 is 46.3 Å². The number of anilines is 3. The van der Waals surface area contributed by atoms with Gasteiger partial charge in [-0.3, -0.25) is 4.79 Å². The van der Waals surface area contributed by atoms with Crippen molar-refractivity contribution in [1.82, 2.24) is 20.2 Å². The normalized spacial score (nSPS) is 24.1. The predicted molar refractivity (Wildman–Crippen MR) is 161 cm³/mol. The summed E-state index contributed by atoms with van der Waals surface area (Å²) in [6.07, 6.45) is 0.784. The summed E-state index contributed by atoms with van der Waals surface area (Å²) >= 11 is 2.56. The second-order valence-corrected chi connectivity index (χ2v) is 14.2. The van der Waals surface area contributed by atoms with Crippen LogP contribution in [0, 0.1) is 0 Å². The van der Waals surface area contributed by atoms with Crippen LogP contribution in [0.5, 0.6) is 0 Å². The first-order chi connectivity index (χ1) is 20.8. The zero-order chi connectivity index (χ0) is 29.3. The smallest absolute Gasteiger partial charge is 0.377 e. The number of ether oxygens (including phenoxy) is 1. The van der Waals surface area contributed by atoms with Crippen LogP contribution in [0.25, 0.3) is 10.6 Å². The van der Waals surface area contributed by atoms with Gasteiger partial charge in [-0.2, -0.15) is 13.2 Å². The third-order valence-corrected chi connectivity index (χ3v) is 11.3. The molecule has 0 spiro atoms. The Balaban J connectivity index is 1.11. The lowest BCUT2D eigenvalue weighted by Crippen LogP contribution is -2.52. The third kappa shape index (κ3) is 5.27. The maximum Gasteiger partial charge on any atom is 0.420 e. The molecule has 2 bridgehead atoms. The van der Waals surface area contributed by atoms with E-state index in [1.54, 1.807) is 11.0 Å². The number of nitrogens with one attached hydrogen (secondary N) is 2. The number of carbonyl (C=O) groups is 1. The minimum absolute atomic E-state index is 0.0129. The molecule has 2 atom stereocenters. The fourth-order valence-electron chi connectivity index (χ4n) is 6.54. The molecule has 1 aliphatic carbocycles. The molecule has 43 heavy (non-hydrogen) atoms. The number of thiophene rings is 1. The highest BCUT2D eigenvalue weighted by Gasteiger charge is 2.39. The van der Waals surface area contributed by atoms with E-state index in [1.807, 2.05) is 6.07 Å². The summed E-state index contributed by atoms with van der Waals surface area (Å²) in [6, 6.07) is 9.06. The van der Waals surface area contributed by atoms with E-state index in [9.17, 15) is 18.0 Å². The van der Waals surface area contributed by atoms with Gasteiger partial charge < -0.3 is 25.2 Å². The molecule has 13 heteroatoms. The van der Waals surface area contributed by atoms with Crippen LogP contribution in [0.3, 0.4) is 0 Å². The first-order valence-electron chi connectivity index (χ1n) is 14.8. The van der Waals surface area contributed by atoms with Crippen molar-refractivity contribution in [2.24, 2.45) is 0 Å². The fraction of sp³-hybridized carbons (Fsp3) is 0.500. The number of piperazine rings is 1. The van der Waals surface area contributed by atoms with Crippen LogP contribution in [0.2, 0.25) is 0 Å². The number of nitrogens with zero attached hydrogens (tertiary/aromatic N) is 4. The Labute approximate surface area is 255 Å². The van der Waals surface area contributed by atoms with Gasteiger partial charge in [-0.15, -0.1) is 23.1 Å². The number of hydrogen-bond acceptors (Lipinski definition) is 9. The number of rotatable bonds is 6. The third-order valence-electron chi connectivity index (χ3n) is 9.01. The minimum atomic E-state index is -4.65. The van der Waals surface area contributed by atoms with Gasteiger partial charge in [0.2, 0.25) is 5.95 Å². The van der Waals surface area contributed by atoms with E-state index in [-0.39, 0.29) is 23.6 Å². The molecule has 1 saturated carbocycles. The first-order valence-corrected chi connectivity index (χ1v) is 16.6. The highest BCUT2D eigenvalue weighted by molar-refractivity contribution is 7.99. The highest BCUT2D eigenvalue weighted by Crippen LogP contribution is 2.47. The Kier molecular flexibility index (Phi) is 6.84. The van der Waals surface area contributed by atoms with Crippen LogP contribution >= 0.6 is 23.1 Å². The number of fused-ring (bicyclic) bond motifs is 3. The van der Waals surface area contributed by atoms with Gasteiger partial charge in [0.25, 0.3) is 5.91 Å². The molecular weight excluding hydrogens is 597 g/mol. The van der Waals surface area contributed by atoms with Crippen molar-refractivity contribution in [2.45, 2.75) is 60.8 Å². The molecule has 8 rings (SSSR count). The molecule has 3 saturated heterocycles. The van der Waals surface area contributed by atoms with Crippen molar-refractivity contribution in [1.29, 1.82) is 0 Å². The SMILES string of the molecule is O=C1c2sc(-c3nc(Nc4ccc(N5CC6CCC(C5)N6)cc4C4CC4)ncc3C(F)(F)F)cc2SCCN1C1COC1. The number of benzene rings is 1. The molecule has 4 fully saturated rings. The van der Waals surface area contributed by atoms with E-state index in [4.69, 9.17) is 4.74 Å². The van der Waals surface area contributed by atoms with Crippen molar-refractivity contribution in [3.8, 4) is 10.6 Å². The van der Waals surface area contributed by atoms with Crippen molar-refractivity contribution in [3.63, 3.8) is 0 Å². The van der Waals surface area contributed by atoms with E-state index < -0.39 is 11.7 Å². The van der Waals surface area contributed by atoms with Gasteiger partial charge in [-0.1, -0.05) is 0 Å². The summed E-state index contributed by atoms with van der Waals surface area (Å²) in [5.41, 5.74) is 2.03. The monoisotopic (exact) mass is 628 g/mol. The van der Waals surface area contributed by atoms with Gasteiger partial charge in [0.1, 0.15) is 10.4 Å². The Bertz CT molecular complexity index is 1560. The summed E-state index contributed by atoms with van der Waals surface area (Å²) in [5.74, 6) is 1.03. The summed E-state index contributed by atoms with van der Waals surface area (Å²) in [5, 5.41) is 6.92. The number of carbonyl (C=O) groups excluding carboxylic acids is 1.